The highest BCUT2D eigenvalue weighted by molar-refractivity contribution is 6.26. The lowest BCUT2D eigenvalue weighted by Crippen LogP contribution is -2.44. The Labute approximate surface area is 166 Å². The molecule has 1 aliphatic heterocycles. The zero-order valence-corrected chi connectivity index (χ0v) is 15.5. The number of carbonyl (C=O) groups excluding carboxylic acids is 3. The molecule has 0 saturated heterocycles. The Balaban J connectivity index is 1.92. The van der Waals surface area contributed by atoms with Crippen molar-refractivity contribution in [3.05, 3.63) is 95.3 Å². The van der Waals surface area contributed by atoms with Crippen LogP contribution in [0.5, 0.6) is 0 Å². The standard InChI is InChI=1S/C23H16FNO4/c1-13(23(28)29-2)20(15-9-11-16(24)12-10-15)25-21(26)17-7-3-5-14-6-4-8-18(19(14)17)22(25)27/h3-12,20H,1H2,2H3/t20-/m0/s1. The molecule has 2 amide bonds. The quantitative estimate of drug-likeness (QED) is 0.384. The monoisotopic (exact) mass is 389 g/mol. The number of carbonyl (C=O) groups is 3. The first-order valence-corrected chi connectivity index (χ1v) is 8.86. The number of hydrogen-bond acceptors (Lipinski definition) is 4. The summed E-state index contributed by atoms with van der Waals surface area (Å²) in [5.74, 6) is -2.36. The number of benzene rings is 3. The first kappa shape index (κ1) is 18.6. The summed E-state index contributed by atoms with van der Waals surface area (Å²) in [6.07, 6.45) is 0. The minimum Gasteiger partial charge on any atom is -0.466 e. The van der Waals surface area contributed by atoms with Gasteiger partial charge in [-0.1, -0.05) is 43.0 Å². The summed E-state index contributed by atoms with van der Waals surface area (Å²) in [6, 6.07) is 14.5. The van der Waals surface area contributed by atoms with Gasteiger partial charge in [0.05, 0.1) is 18.7 Å². The third-order valence-corrected chi connectivity index (χ3v) is 5.02. The maximum absolute atomic E-state index is 13.5. The molecular weight excluding hydrogens is 373 g/mol. The van der Waals surface area contributed by atoms with E-state index in [-0.39, 0.29) is 5.57 Å². The summed E-state index contributed by atoms with van der Waals surface area (Å²) in [6.45, 7) is 3.76. The van der Waals surface area contributed by atoms with E-state index in [1.165, 1.54) is 31.4 Å². The van der Waals surface area contributed by atoms with E-state index >= 15 is 0 Å². The molecule has 1 atom stereocenters. The van der Waals surface area contributed by atoms with Crippen LogP contribution < -0.4 is 0 Å². The van der Waals surface area contributed by atoms with Gasteiger partial charge in [0.1, 0.15) is 5.82 Å². The summed E-state index contributed by atoms with van der Waals surface area (Å²) < 4.78 is 18.2. The molecular formula is C23H16FNO4. The predicted octanol–water partition coefficient (Wildman–Crippen LogP) is 4.05. The van der Waals surface area contributed by atoms with Crippen LogP contribution in [0.2, 0.25) is 0 Å². The summed E-state index contributed by atoms with van der Waals surface area (Å²) in [5, 5.41) is 1.34. The van der Waals surface area contributed by atoms with E-state index in [0.717, 1.165) is 10.3 Å². The van der Waals surface area contributed by atoms with Gasteiger partial charge >= 0.3 is 5.97 Å². The van der Waals surface area contributed by atoms with E-state index in [1.54, 1.807) is 24.3 Å². The van der Waals surface area contributed by atoms with Gasteiger partial charge in [0.15, 0.2) is 0 Å². The van der Waals surface area contributed by atoms with Crippen LogP contribution in [-0.2, 0) is 9.53 Å². The summed E-state index contributed by atoms with van der Waals surface area (Å²) in [4.78, 5) is 39.9. The van der Waals surface area contributed by atoms with Crippen molar-refractivity contribution >= 4 is 28.6 Å². The van der Waals surface area contributed by atoms with Crippen LogP contribution in [-0.4, -0.2) is 29.8 Å². The Morgan fingerprint density at radius 3 is 2.03 bits per heavy atom. The SMILES string of the molecule is C=C(C(=O)OC)[C@@H](c1ccc(F)cc1)N1C(=O)c2cccc3cccc(c23)C1=O. The van der Waals surface area contributed by atoms with E-state index in [4.69, 9.17) is 4.74 Å². The second kappa shape index (κ2) is 6.98. The Morgan fingerprint density at radius 1 is 0.966 bits per heavy atom. The van der Waals surface area contributed by atoms with Crippen molar-refractivity contribution in [2.75, 3.05) is 7.11 Å². The van der Waals surface area contributed by atoms with E-state index in [9.17, 15) is 18.8 Å². The zero-order valence-electron chi connectivity index (χ0n) is 15.5. The van der Waals surface area contributed by atoms with Crippen LogP contribution in [0.1, 0.15) is 32.3 Å². The van der Waals surface area contributed by atoms with Gasteiger partial charge in [-0.05, 0) is 35.2 Å². The molecule has 0 aliphatic carbocycles. The fourth-order valence-corrected chi connectivity index (χ4v) is 3.68. The average Bonchev–Trinajstić information content (AvgIpc) is 2.74. The van der Waals surface area contributed by atoms with Crippen molar-refractivity contribution in [3.8, 4) is 0 Å². The van der Waals surface area contributed by atoms with Crippen LogP contribution >= 0.6 is 0 Å². The minimum absolute atomic E-state index is 0.104. The van der Waals surface area contributed by atoms with Gasteiger partial charge in [0.25, 0.3) is 11.8 Å². The molecule has 6 heteroatoms. The van der Waals surface area contributed by atoms with Crippen molar-refractivity contribution in [3.63, 3.8) is 0 Å². The van der Waals surface area contributed by atoms with E-state index in [1.807, 2.05) is 12.1 Å². The normalized spacial score (nSPS) is 14.1. The first-order chi connectivity index (χ1) is 13.9. The fraction of sp³-hybridized carbons (Fsp3) is 0.0870. The van der Waals surface area contributed by atoms with Gasteiger partial charge in [0, 0.05) is 16.5 Å². The molecule has 1 aliphatic rings. The molecule has 0 unspecified atom stereocenters. The number of rotatable bonds is 4. The highest BCUT2D eigenvalue weighted by Crippen LogP contribution is 2.37. The van der Waals surface area contributed by atoms with Crippen LogP contribution in [0.25, 0.3) is 10.8 Å². The Kier molecular flexibility index (Phi) is 4.47. The molecule has 0 saturated carbocycles. The lowest BCUT2D eigenvalue weighted by atomic mass is 9.90. The highest BCUT2D eigenvalue weighted by atomic mass is 19.1. The maximum Gasteiger partial charge on any atom is 0.335 e. The lowest BCUT2D eigenvalue weighted by molar-refractivity contribution is -0.136. The largest absolute Gasteiger partial charge is 0.466 e. The molecule has 0 spiro atoms. The fourth-order valence-electron chi connectivity index (χ4n) is 3.68. The number of esters is 1. The molecule has 144 valence electrons. The molecule has 5 nitrogen and oxygen atoms in total. The Morgan fingerprint density at radius 2 is 1.52 bits per heavy atom. The van der Waals surface area contributed by atoms with Gasteiger partial charge in [-0.15, -0.1) is 0 Å². The van der Waals surface area contributed by atoms with Gasteiger partial charge in [-0.25, -0.2) is 9.18 Å². The third kappa shape index (κ3) is 2.89. The zero-order chi connectivity index (χ0) is 20.7. The van der Waals surface area contributed by atoms with Crippen LogP contribution in [0, 0.1) is 5.82 Å². The van der Waals surface area contributed by atoms with E-state index < -0.39 is 29.6 Å². The number of halogens is 1. The Hall–Kier alpha value is -3.80. The Bertz CT molecular complexity index is 1130. The molecule has 3 aromatic carbocycles. The van der Waals surface area contributed by atoms with Crippen molar-refractivity contribution in [2.45, 2.75) is 6.04 Å². The first-order valence-electron chi connectivity index (χ1n) is 8.86. The highest BCUT2D eigenvalue weighted by Gasteiger charge is 2.40. The van der Waals surface area contributed by atoms with Crippen molar-refractivity contribution in [1.29, 1.82) is 0 Å². The van der Waals surface area contributed by atoms with Gasteiger partial charge in [0.2, 0.25) is 0 Å². The molecule has 29 heavy (non-hydrogen) atoms. The van der Waals surface area contributed by atoms with Gasteiger partial charge in [-0.2, -0.15) is 0 Å². The van der Waals surface area contributed by atoms with Crippen molar-refractivity contribution < 1.29 is 23.5 Å². The minimum atomic E-state index is -1.13. The number of methoxy groups -OCH3 is 1. The molecule has 0 bridgehead atoms. The molecule has 3 aromatic rings. The molecule has 0 radical (unpaired) electrons. The summed E-state index contributed by atoms with van der Waals surface area (Å²) in [7, 11) is 1.19. The predicted molar refractivity (Wildman–Crippen MR) is 105 cm³/mol. The summed E-state index contributed by atoms with van der Waals surface area (Å²) >= 11 is 0. The number of nitrogens with zero attached hydrogens (tertiary/aromatic N) is 1. The van der Waals surface area contributed by atoms with Crippen LogP contribution in [0.15, 0.2) is 72.8 Å². The van der Waals surface area contributed by atoms with Gasteiger partial charge in [-0.3, -0.25) is 14.5 Å². The number of amides is 2. The second-order valence-corrected chi connectivity index (χ2v) is 6.66. The second-order valence-electron chi connectivity index (χ2n) is 6.66. The third-order valence-electron chi connectivity index (χ3n) is 5.02. The van der Waals surface area contributed by atoms with Gasteiger partial charge < -0.3 is 4.74 Å². The molecule has 4 rings (SSSR count). The molecule has 0 fully saturated rings. The van der Waals surface area contributed by atoms with Crippen LogP contribution in [0.3, 0.4) is 0 Å². The topological polar surface area (TPSA) is 63.7 Å². The molecule has 1 heterocycles. The van der Waals surface area contributed by atoms with E-state index in [2.05, 4.69) is 6.58 Å². The number of hydrogen-bond donors (Lipinski definition) is 0. The van der Waals surface area contributed by atoms with Crippen molar-refractivity contribution in [2.24, 2.45) is 0 Å². The number of imide groups is 1. The smallest absolute Gasteiger partial charge is 0.335 e. The maximum atomic E-state index is 13.5. The average molecular weight is 389 g/mol. The molecule has 0 aromatic heterocycles. The summed E-state index contributed by atoms with van der Waals surface area (Å²) in [5.41, 5.74) is 0.965. The number of ether oxygens (including phenoxy) is 1. The van der Waals surface area contributed by atoms with E-state index in [0.29, 0.717) is 22.1 Å². The lowest BCUT2D eigenvalue weighted by Gasteiger charge is -2.34. The van der Waals surface area contributed by atoms with Crippen molar-refractivity contribution in [1.82, 2.24) is 4.90 Å². The molecule has 0 N–H and O–H groups in total. The van der Waals surface area contributed by atoms with Crippen LogP contribution in [0.4, 0.5) is 4.39 Å².